The minimum atomic E-state index is -0.635. The highest BCUT2D eigenvalue weighted by Crippen LogP contribution is 2.36. The van der Waals surface area contributed by atoms with Crippen LogP contribution in [0.1, 0.15) is 38.7 Å². The maximum atomic E-state index is 13.2. The number of carbonyl (C=O) groups excluding carboxylic acids is 3. The number of fused-ring (bicyclic) bond motifs is 1. The van der Waals surface area contributed by atoms with Gasteiger partial charge in [-0.05, 0) is 54.6 Å². The molecule has 3 heterocycles. The number of hydrogen-bond acceptors (Lipinski definition) is 7. The van der Waals surface area contributed by atoms with Crippen molar-refractivity contribution < 1.29 is 23.5 Å². The maximum Gasteiger partial charge on any atom is 0.373 e. The largest absolute Gasteiger partial charge is 0.463 e. The number of para-hydroxylation sites is 1. The van der Waals surface area contributed by atoms with Crippen LogP contribution in [-0.4, -0.2) is 33.7 Å². The van der Waals surface area contributed by atoms with Crippen molar-refractivity contribution in [3.8, 4) is 6.07 Å². The molecule has 0 unspecified atom stereocenters. The van der Waals surface area contributed by atoms with E-state index in [2.05, 4.69) is 15.4 Å². The Hall–Kier alpha value is -4.55. The molecular weight excluding hydrogens is 490 g/mol. The van der Waals surface area contributed by atoms with Crippen LogP contribution in [0.25, 0.3) is 17.0 Å². The van der Waals surface area contributed by atoms with Crippen molar-refractivity contribution >= 4 is 45.9 Å². The van der Waals surface area contributed by atoms with E-state index in [0.717, 1.165) is 44.4 Å². The van der Waals surface area contributed by atoms with E-state index < -0.39 is 17.1 Å². The monoisotopic (exact) mass is 511 g/mol. The summed E-state index contributed by atoms with van der Waals surface area (Å²) < 4.78 is 12.2. The summed E-state index contributed by atoms with van der Waals surface area (Å²) >= 11 is 0.863. The van der Waals surface area contributed by atoms with Crippen molar-refractivity contribution in [2.24, 2.45) is 0 Å². The number of carbonyl (C=O) groups is 3. The van der Waals surface area contributed by atoms with Crippen LogP contribution in [0.2, 0.25) is 0 Å². The molecule has 1 aliphatic rings. The molecule has 2 aromatic carbocycles. The van der Waals surface area contributed by atoms with Gasteiger partial charge in [-0.2, -0.15) is 5.26 Å². The van der Waals surface area contributed by atoms with Crippen molar-refractivity contribution in [3.05, 3.63) is 99.5 Å². The van der Waals surface area contributed by atoms with Crippen LogP contribution in [-0.2, 0) is 22.6 Å². The Morgan fingerprint density at radius 2 is 1.84 bits per heavy atom. The summed E-state index contributed by atoms with van der Waals surface area (Å²) in [5, 5.41) is 10.0. The molecule has 2 aromatic heterocycles. The van der Waals surface area contributed by atoms with Gasteiger partial charge < -0.3 is 13.7 Å². The SMILES string of the molecule is COC(=O)c1ccc(CN2C(=O)S/C(=C/c3c(C)n(Cc4ccccc4C#N)c4ccccc34)C2=O)o1. The Morgan fingerprint density at radius 3 is 2.62 bits per heavy atom. The third kappa shape index (κ3) is 4.43. The number of nitrogens with zero attached hydrogens (tertiary/aromatic N) is 3. The van der Waals surface area contributed by atoms with Crippen molar-refractivity contribution in [1.29, 1.82) is 5.26 Å². The summed E-state index contributed by atoms with van der Waals surface area (Å²) in [7, 11) is 1.24. The van der Waals surface area contributed by atoms with Crippen LogP contribution in [0.3, 0.4) is 0 Å². The molecule has 0 radical (unpaired) electrons. The fourth-order valence-corrected chi connectivity index (χ4v) is 5.20. The number of rotatable bonds is 6. The number of imide groups is 1. The van der Waals surface area contributed by atoms with E-state index in [4.69, 9.17) is 4.42 Å². The number of ether oxygens (including phenoxy) is 1. The van der Waals surface area contributed by atoms with Gasteiger partial charge in [-0.15, -0.1) is 0 Å². The molecule has 37 heavy (non-hydrogen) atoms. The van der Waals surface area contributed by atoms with Crippen LogP contribution >= 0.6 is 11.8 Å². The van der Waals surface area contributed by atoms with Gasteiger partial charge in [0.25, 0.3) is 11.1 Å². The lowest BCUT2D eigenvalue weighted by Crippen LogP contribution is -2.27. The zero-order valence-corrected chi connectivity index (χ0v) is 20.9. The predicted octanol–water partition coefficient (Wildman–Crippen LogP) is 5.49. The molecule has 0 atom stereocenters. The van der Waals surface area contributed by atoms with Crippen LogP contribution in [0.4, 0.5) is 4.79 Å². The Balaban J connectivity index is 1.48. The lowest BCUT2D eigenvalue weighted by Gasteiger charge is -2.10. The van der Waals surface area contributed by atoms with Gasteiger partial charge in [0, 0.05) is 28.7 Å². The molecule has 0 saturated carbocycles. The lowest BCUT2D eigenvalue weighted by molar-refractivity contribution is -0.123. The summed E-state index contributed by atoms with van der Waals surface area (Å²) in [6.45, 7) is 2.36. The second-order valence-electron chi connectivity index (χ2n) is 8.40. The molecule has 0 bridgehead atoms. The highest BCUT2D eigenvalue weighted by molar-refractivity contribution is 8.18. The van der Waals surface area contributed by atoms with Crippen molar-refractivity contribution in [3.63, 3.8) is 0 Å². The van der Waals surface area contributed by atoms with Gasteiger partial charge in [0.1, 0.15) is 5.76 Å². The molecule has 9 heteroatoms. The molecule has 0 spiro atoms. The van der Waals surface area contributed by atoms with E-state index in [1.165, 1.54) is 19.2 Å². The molecule has 0 aliphatic carbocycles. The zero-order chi connectivity index (χ0) is 26.1. The Kier molecular flexibility index (Phi) is 6.42. The maximum absolute atomic E-state index is 13.2. The quantitative estimate of drug-likeness (QED) is 0.249. The topological polar surface area (TPSA) is 106 Å². The van der Waals surface area contributed by atoms with Gasteiger partial charge in [0.15, 0.2) is 0 Å². The number of thioether (sulfide) groups is 1. The first-order valence-corrected chi connectivity index (χ1v) is 12.2. The average molecular weight is 512 g/mol. The summed E-state index contributed by atoms with van der Waals surface area (Å²) in [5.74, 6) is -0.768. The molecular formula is C28H21N3O5S. The fraction of sp³-hybridized carbons (Fsp3) is 0.143. The van der Waals surface area contributed by atoms with Gasteiger partial charge in [-0.3, -0.25) is 14.5 Å². The molecule has 4 aromatic rings. The van der Waals surface area contributed by atoms with E-state index in [0.29, 0.717) is 22.8 Å². The number of furan rings is 1. The van der Waals surface area contributed by atoms with Crippen molar-refractivity contribution in [2.75, 3.05) is 7.11 Å². The zero-order valence-electron chi connectivity index (χ0n) is 20.1. The minimum Gasteiger partial charge on any atom is -0.463 e. The highest BCUT2D eigenvalue weighted by Gasteiger charge is 2.36. The Bertz CT molecular complexity index is 1640. The summed E-state index contributed by atoms with van der Waals surface area (Å²) in [6, 6.07) is 20.5. The number of aromatic nitrogens is 1. The fourth-order valence-electron chi connectivity index (χ4n) is 4.38. The Labute approximate surface area is 216 Å². The highest BCUT2D eigenvalue weighted by atomic mass is 32.2. The second kappa shape index (κ2) is 9.84. The van der Waals surface area contributed by atoms with Gasteiger partial charge in [-0.1, -0.05) is 36.4 Å². The predicted molar refractivity (Wildman–Crippen MR) is 138 cm³/mol. The third-order valence-corrected chi connectivity index (χ3v) is 7.16. The standard InChI is InChI=1S/C28H21N3O5S/c1-17-22(21-9-5-6-10-23(21)30(17)15-19-8-4-3-7-18(19)14-29)13-25-26(32)31(28(34)37-25)16-20-11-12-24(36-20)27(33)35-2/h3-13H,15-16H2,1-2H3/b25-13+. The van der Waals surface area contributed by atoms with Crippen LogP contribution < -0.4 is 0 Å². The van der Waals surface area contributed by atoms with Gasteiger partial charge in [0.05, 0.1) is 30.2 Å². The molecule has 184 valence electrons. The number of amides is 2. The molecule has 8 nitrogen and oxygen atoms in total. The normalized spacial score (nSPS) is 14.5. The van der Waals surface area contributed by atoms with E-state index in [1.807, 2.05) is 49.4 Å². The number of nitriles is 1. The molecule has 1 aliphatic heterocycles. The summed E-state index contributed by atoms with van der Waals surface area (Å²) in [5.41, 5.74) is 4.21. The third-order valence-electron chi connectivity index (χ3n) is 6.26. The first-order valence-electron chi connectivity index (χ1n) is 11.4. The number of esters is 1. The van der Waals surface area contributed by atoms with E-state index >= 15 is 0 Å². The van der Waals surface area contributed by atoms with Gasteiger partial charge in [0.2, 0.25) is 5.76 Å². The van der Waals surface area contributed by atoms with Crippen molar-refractivity contribution in [1.82, 2.24) is 9.47 Å². The summed E-state index contributed by atoms with van der Waals surface area (Å²) in [6.07, 6.45) is 1.75. The number of hydrogen-bond donors (Lipinski definition) is 0. The van der Waals surface area contributed by atoms with Crippen LogP contribution in [0, 0.1) is 18.3 Å². The molecule has 5 rings (SSSR count). The Morgan fingerprint density at radius 1 is 1.08 bits per heavy atom. The number of methoxy groups -OCH3 is 1. The smallest absolute Gasteiger partial charge is 0.373 e. The van der Waals surface area contributed by atoms with E-state index in [1.54, 1.807) is 12.1 Å². The first kappa shape index (κ1) is 24.2. The van der Waals surface area contributed by atoms with E-state index in [-0.39, 0.29) is 12.3 Å². The first-order chi connectivity index (χ1) is 17.9. The van der Waals surface area contributed by atoms with Crippen molar-refractivity contribution in [2.45, 2.75) is 20.0 Å². The average Bonchev–Trinajstić information content (AvgIpc) is 3.57. The van der Waals surface area contributed by atoms with Crippen LogP contribution in [0.5, 0.6) is 0 Å². The van der Waals surface area contributed by atoms with Crippen LogP contribution in [0.15, 0.2) is 70.0 Å². The van der Waals surface area contributed by atoms with Gasteiger partial charge >= 0.3 is 5.97 Å². The van der Waals surface area contributed by atoms with Gasteiger partial charge in [-0.25, -0.2) is 4.79 Å². The molecule has 1 saturated heterocycles. The lowest BCUT2D eigenvalue weighted by atomic mass is 10.1. The van der Waals surface area contributed by atoms with E-state index in [9.17, 15) is 19.6 Å². The summed E-state index contributed by atoms with van der Waals surface area (Å²) in [4.78, 5) is 38.9. The second-order valence-corrected chi connectivity index (χ2v) is 9.39. The molecule has 2 amide bonds. The molecule has 1 fully saturated rings. The number of benzene rings is 2. The molecule has 0 N–H and O–H groups in total. The minimum absolute atomic E-state index is 0.00131.